The maximum Gasteiger partial charge on any atom is 0.355 e. The molecule has 0 fully saturated rings. The van der Waals surface area contributed by atoms with Crippen LogP contribution in [0.3, 0.4) is 0 Å². The van der Waals surface area contributed by atoms with Gasteiger partial charge in [0.15, 0.2) is 0 Å². The van der Waals surface area contributed by atoms with Crippen molar-refractivity contribution in [3.63, 3.8) is 0 Å². The first-order valence-electron chi connectivity index (χ1n) is 21.4. The number of cyclic esters (lactones) is 1. The first-order valence-corrected chi connectivity index (χ1v) is 21.4. The quantitative estimate of drug-likeness (QED) is 0.0469. The van der Waals surface area contributed by atoms with E-state index in [0.717, 1.165) is 42.1 Å². The topological polar surface area (TPSA) is 143 Å². The molecule has 4 heterocycles. The number of esters is 3. The van der Waals surface area contributed by atoms with Crippen LogP contribution in [0.4, 0.5) is 0 Å². The largest absolute Gasteiger partial charge is 0.458 e. The monoisotopic (exact) mass is 785 g/mol. The first-order chi connectivity index (χ1) is 27.4. The molecule has 0 bridgehead atoms. The zero-order valence-corrected chi connectivity index (χ0v) is 34.8. The highest BCUT2D eigenvalue weighted by Crippen LogP contribution is 2.41. The lowest BCUT2D eigenvalue weighted by Crippen LogP contribution is -2.47. The van der Waals surface area contributed by atoms with E-state index in [1.54, 1.807) is 38.3 Å². The zero-order valence-electron chi connectivity index (χ0n) is 34.8. The van der Waals surface area contributed by atoms with Gasteiger partial charge in [0.1, 0.15) is 18.2 Å². The maximum absolute atomic E-state index is 13.9. The second-order valence-corrected chi connectivity index (χ2v) is 16.8. The molecule has 3 aromatic rings. The second kappa shape index (κ2) is 20.2. The average Bonchev–Trinajstić information content (AvgIpc) is 3.53. The molecule has 11 heteroatoms. The van der Waals surface area contributed by atoms with Gasteiger partial charge in [-0.25, -0.2) is 14.6 Å². The van der Waals surface area contributed by atoms with Crippen LogP contribution >= 0.6 is 0 Å². The first kappa shape index (κ1) is 43.6. The van der Waals surface area contributed by atoms with E-state index in [1.165, 1.54) is 64.2 Å². The number of unbranched alkanes of at least 4 members (excludes halogenated alkanes) is 13. The van der Waals surface area contributed by atoms with Crippen molar-refractivity contribution in [2.24, 2.45) is 0 Å². The van der Waals surface area contributed by atoms with E-state index < -0.39 is 41.1 Å². The maximum atomic E-state index is 13.9. The number of hydrogen-bond acceptors (Lipinski definition) is 9. The molecule has 11 nitrogen and oxygen atoms in total. The van der Waals surface area contributed by atoms with E-state index >= 15 is 0 Å². The Morgan fingerprint density at radius 1 is 0.877 bits per heavy atom. The molecule has 5 rings (SSSR count). The summed E-state index contributed by atoms with van der Waals surface area (Å²) in [4.78, 5) is 71.9. The van der Waals surface area contributed by atoms with Crippen molar-refractivity contribution in [3.05, 3.63) is 63.4 Å². The lowest BCUT2D eigenvalue weighted by atomic mass is 9.85. The van der Waals surface area contributed by atoms with Crippen LogP contribution in [-0.4, -0.2) is 45.0 Å². The normalized spacial score (nSPS) is 16.3. The van der Waals surface area contributed by atoms with Crippen molar-refractivity contribution >= 4 is 34.7 Å². The standard InChI is InChI=1S/C46H63N3O8/c1-6-8-9-10-11-12-13-14-15-16-17-18-19-20-25-37(43(53)57-45(3,4)5)47-39(50)26-27-40(51)56-46(7-2)35-29-38-41-33(28-32-23-21-22-24-36(32)48-41)30-49(38)42(52)34(35)31-55-44(46)54/h21-24,28-29,37H,6-20,25-27,30-31H2,1-5H3,(H,47,50)/t37?,46-/m0/s1. The van der Waals surface area contributed by atoms with Crippen molar-refractivity contribution in [2.75, 3.05) is 0 Å². The molecule has 2 aliphatic rings. The van der Waals surface area contributed by atoms with Crippen LogP contribution in [0.2, 0.25) is 0 Å². The third-order valence-corrected chi connectivity index (χ3v) is 11.1. The summed E-state index contributed by atoms with van der Waals surface area (Å²) in [6.45, 7) is 9.35. The van der Waals surface area contributed by atoms with Crippen molar-refractivity contribution in [1.82, 2.24) is 14.9 Å². The number of pyridine rings is 2. The highest BCUT2D eigenvalue weighted by atomic mass is 16.6. The number of carbonyl (C=O) groups is 4. The molecule has 310 valence electrons. The molecular weight excluding hydrogens is 723 g/mol. The van der Waals surface area contributed by atoms with Crippen molar-refractivity contribution in [2.45, 2.75) is 181 Å². The highest BCUT2D eigenvalue weighted by Gasteiger charge is 2.50. The van der Waals surface area contributed by atoms with Gasteiger partial charge in [0.05, 0.1) is 35.4 Å². The number of fused-ring (bicyclic) bond motifs is 5. The van der Waals surface area contributed by atoms with E-state index in [9.17, 15) is 24.0 Å². The van der Waals surface area contributed by atoms with E-state index in [2.05, 4.69) is 12.2 Å². The fourth-order valence-electron chi connectivity index (χ4n) is 7.97. The molecule has 2 atom stereocenters. The Hall–Kier alpha value is -4.54. The Kier molecular flexibility index (Phi) is 15.5. The summed E-state index contributed by atoms with van der Waals surface area (Å²) in [5, 5.41) is 3.74. The fraction of sp³-hybridized carbons (Fsp3) is 0.609. The molecule has 2 aliphatic heterocycles. The SMILES string of the molecule is CCCCCCCCCCCCCCCCC(NC(=O)CCC(=O)O[C@]1(CC)C(=O)OCc2c1cc1n(c2=O)Cc2cc3ccccc3nc2-1)C(=O)OC(C)(C)C. The molecule has 1 aromatic carbocycles. The average molecular weight is 786 g/mol. The Morgan fingerprint density at radius 3 is 2.14 bits per heavy atom. The summed E-state index contributed by atoms with van der Waals surface area (Å²) >= 11 is 0. The van der Waals surface area contributed by atoms with Gasteiger partial charge in [-0.1, -0.05) is 122 Å². The van der Waals surface area contributed by atoms with E-state index in [-0.39, 0.29) is 42.6 Å². The predicted molar refractivity (Wildman–Crippen MR) is 220 cm³/mol. The van der Waals surface area contributed by atoms with Gasteiger partial charge in [-0.15, -0.1) is 0 Å². The van der Waals surface area contributed by atoms with Gasteiger partial charge in [-0.05, 0) is 51.8 Å². The van der Waals surface area contributed by atoms with Crippen LogP contribution in [-0.2, 0) is 52.1 Å². The molecule has 0 saturated heterocycles. The number of benzene rings is 1. The molecular formula is C46H63N3O8. The van der Waals surface area contributed by atoms with Gasteiger partial charge in [0, 0.05) is 22.9 Å². The van der Waals surface area contributed by atoms with Gasteiger partial charge < -0.3 is 24.1 Å². The number of aromatic nitrogens is 2. The number of carbonyl (C=O) groups excluding carboxylic acids is 4. The number of para-hydroxylation sites is 1. The van der Waals surface area contributed by atoms with Crippen LogP contribution in [0.5, 0.6) is 0 Å². The molecule has 0 aliphatic carbocycles. The van der Waals surface area contributed by atoms with Crippen LogP contribution in [0.25, 0.3) is 22.3 Å². The van der Waals surface area contributed by atoms with Gasteiger partial charge >= 0.3 is 17.9 Å². The van der Waals surface area contributed by atoms with Crippen LogP contribution in [0.1, 0.15) is 167 Å². The lowest BCUT2D eigenvalue weighted by molar-refractivity contribution is -0.189. The predicted octanol–water partition coefficient (Wildman–Crippen LogP) is 9.11. The molecule has 0 spiro atoms. The summed E-state index contributed by atoms with van der Waals surface area (Å²) < 4.78 is 18.6. The van der Waals surface area contributed by atoms with Crippen molar-refractivity contribution in [1.29, 1.82) is 0 Å². The van der Waals surface area contributed by atoms with Crippen LogP contribution in [0.15, 0.2) is 41.2 Å². The van der Waals surface area contributed by atoms with Crippen molar-refractivity contribution < 1.29 is 33.4 Å². The van der Waals surface area contributed by atoms with Gasteiger partial charge in [0.25, 0.3) is 5.56 Å². The molecule has 1 unspecified atom stereocenters. The summed E-state index contributed by atoms with van der Waals surface area (Å²) in [7, 11) is 0. The Labute approximate surface area is 337 Å². The third-order valence-electron chi connectivity index (χ3n) is 11.1. The number of amides is 1. The highest BCUT2D eigenvalue weighted by molar-refractivity contribution is 5.90. The van der Waals surface area contributed by atoms with Gasteiger partial charge in [-0.2, -0.15) is 0 Å². The molecule has 0 radical (unpaired) electrons. The fourth-order valence-corrected chi connectivity index (χ4v) is 7.97. The summed E-state index contributed by atoms with van der Waals surface area (Å²) in [5.41, 5.74) is 0.396. The Morgan fingerprint density at radius 2 is 1.51 bits per heavy atom. The summed E-state index contributed by atoms with van der Waals surface area (Å²) in [6.07, 6.45) is 16.8. The van der Waals surface area contributed by atoms with E-state index in [4.69, 9.17) is 19.2 Å². The van der Waals surface area contributed by atoms with Crippen LogP contribution < -0.4 is 10.9 Å². The smallest absolute Gasteiger partial charge is 0.355 e. The van der Waals surface area contributed by atoms with Gasteiger partial charge in [0.2, 0.25) is 11.5 Å². The molecule has 2 aromatic heterocycles. The number of ether oxygens (including phenoxy) is 3. The Balaban J connectivity index is 1.15. The van der Waals surface area contributed by atoms with Gasteiger partial charge in [-0.3, -0.25) is 14.4 Å². The number of nitrogens with one attached hydrogen (secondary N) is 1. The third kappa shape index (κ3) is 11.3. The number of rotatable bonds is 22. The molecule has 57 heavy (non-hydrogen) atoms. The van der Waals surface area contributed by atoms with Crippen molar-refractivity contribution in [3.8, 4) is 11.4 Å². The minimum atomic E-state index is -1.87. The minimum absolute atomic E-state index is 0.0115. The second-order valence-electron chi connectivity index (χ2n) is 16.8. The van der Waals surface area contributed by atoms with E-state index in [0.29, 0.717) is 24.4 Å². The molecule has 0 saturated carbocycles. The van der Waals surface area contributed by atoms with Crippen LogP contribution in [0, 0.1) is 0 Å². The summed E-state index contributed by atoms with van der Waals surface area (Å²) in [6, 6.07) is 10.6. The minimum Gasteiger partial charge on any atom is -0.458 e. The van der Waals surface area contributed by atoms with E-state index in [1.807, 2.05) is 30.3 Å². The zero-order chi connectivity index (χ0) is 41.0. The lowest BCUT2D eigenvalue weighted by Gasteiger charge is -2.35. The molecule has 1 N–H and O–H groups in total. The summed E-state index contributed by atoms with van der Waals surface area (Å²) in [5.74, 6) is -2.59. The molecule has 1 amide bonds. The Bertz CT molecular complexity index is 1950. The number of hydrogen-bond donors (Lipinski definition) is 1. The number of nitrogens with zero attached hydrogens (tertiary/aromatic N) is 2.